The van der Waals surface area contributed by atoms with Crippen LogP contribution in [0.25, 0.3) is 0 Å². The van der Waals surface area contributed by atoms with E-state index in [0.717, 1.165) is 0 Å². The van der Waals surface area contributed by atoms with Crippen molar-refractivity contribution < 1.29 is 23.9 Å². The Hall–Kier alpha value is -1.53. The van der Waals surface area contributed by atoms with Gasteiger partial charge in [-0.05, 0) is 45.3 Å². The van der Waals surface area contributed by atoms with Crippen LogP contribution in [0.5, 0.6) is 5.75 Å². The van der Waals surface area contributed by atoms with Crippen LogP contribution in [0.3, 0.4) is 0 Å². The Kier molecular flexibility index (Phi) is 3.56. The molecule has 1 N–H and O–H groups in total. The molecule has 0 unspecified atom stereocenters. The van der Waals surface area contributed by atoms with Crippen LogP contribution in [0.1, 0.15) is 38.1 Å². The highest BCUT2D eigenvalue weighted by Gasteiger charge is 2.52. The van der Waals surface area contributed by atoms with E-state index in [9.17, 15) is 9.90 Å². The number of aromatic hydroxyl groups is 1. The minimum absolute atomic E-state index is 0.00864. The van der Waals surface area contributed by atoms with Crippen LogP contribution in [0, 0.1) is 0 Å². The van der Waals surface area contributed by atoms with Crippen molar-refractivity contribution in [3.05, 3.63) is 23.8 Å². The smallest absolute Gasteiger partial charge is 0.495 e. The summed E-state index contributed by atoms with van der Waals surface area (Å²) in [6.45, 7) is 7.74. The van der Waals surface area contributed by atoms with Crippen molar-refractivity contribution in [2.45, 2.75) is 38.9 Å². The van der Waals surface area contributed by atoms with Crippen LogP contribution >= 0.6 is 0 Å². The number of phenolic OH excluding ortho intramolecular Hbond substituents is 1. The number of rotatable bonds is 2. The van der Waals surface area contributed by atoms with Crippen LogP contribution in [-0.4, -0.2) is 36.5 Å². The van der Waals surface area contributed by atoms with Gasteiger partial charge < -0.3 is 19.2 Å². The standard InChI is InChI=1S/C14H19BO5/c1-13(2)14(3,4)20-15(19-13)11-7-6-9(16)8-10(11)12(17)18-5/h6-8,16H,1-5H3. The number of ether oxygens (including phenoxy) is 1. The maximum atomic E-state index is 11.8. The Morgan fingerprint density at radius 2 is 1.75 bits per heavy atom. The molecule has 0 bridgehead atoms. The van der Waals surface area contributed by atoms with Gasteiger partial charge in [0.25, 0.3) is 0 Å². The maximum absolute atomic E-state index is 11.8. The molecule has 1 aliphatic rings. The molecule has 108 valence electrons. The SMILES string of the molecule is COC(=O)c1cc(O)ccc1B1OC(C)(C)C(C)(C)O1. The molecule has 0 amide bonds. The Morgan fingerprint density at radius 1 is 1.20 bits per heavy atom. The number of hydrogen-bond donors (Lipinski definition) is 1. The first kappa shape index (κ1) is 14.9. The summed E-state index contributed by atoms with van der Waals surface area (Å²) < 4.78 is 16.6. The number of hydrogen-bond acceptors (Lipinski definition) is 5. The number of methoxy groups -OCH3 is 1. The van der Waals surface area contributed by atoms with Gasteiger partial charge in [0.05, 0.1) is 23.9 Å². The van der Waals surface area contributed by atoms with Crippen molar-refractivity contribution in [1.82, 2.24) is 0 Å². The largest absolute Gasteiger partial charge is 0.508 e. The summed E-state index contributed by atoms with van der Waals surface area (Å²) in [4.78, 5) is 11.8. The van der Waals surface area contributed by atoms with E-state index in [0.29, 0.717) is 5.46 Å². The van der Waals surface area contributed by atoms with Gasteiger partial charge in [0.2, 0.25) is 0 Å². The topological polar surface area (TPSA) is 65.0 Å². The van der Waals surface area contributed by atoms with Crippen LogP contribution in [0.2, 0.25) is 0 Å². The van der Waals surface area contributed by atoms with Gasteiger partial charge in [-0.25, -0.2) is 4.79 Å². The molecule has 1 saturated heterocycles. The Balaban J connectivity index is 2.42. The minimum Gasteiger partial charge on any atom is -0.508 e. The fourth-order valence-corrected chi connectivity index (χ4v) is 2.01. The van der Waals surface area contributed by atoms with Crippen LogP contribution in [0.15, 0.2) is 18.2 Å². The number of phenols is 1. The number of benzene rings is 1. The third-order valence-corrected chi connectivity index (χ3v) is 3.95. The average Bonchev–Trinajstić information content (AvgIpc) is 2.57. The zero-order valence-corrected chi connectivity index (χ0v) is 12.4. The second-order valence-corrected chi connectivity index (χ2v) is 5.85. The van der Waals surface area contributed by atoms with Gasteiger partial charge in [0.15, 0.2) is 0 Å². The monoisotopic (exact) mass is 278 g/mol. The number of carbonyl (C=O) groups is 1. The fourth-order valence-electron chi connectivity index (χ4n) is 2.01. The zero-order chi connectivity index (χ0) is 15.1. The molecular weight excluding hydrogens is 259 g/mol. The molecule has 0 aliphatic carbocycles. The molecule has 0 atom stereocenters. The van der Waals surface area contributed by atoms with Gasteiger partial charge in [-0.1, -0.05) is 6.07 Å². The highest BCUT2D eigenvalue weighted by molar-refractivity contribution is 6.63. The lowest BCUT2D eigenvalue weighted by molar-refractivity contribution is 0.00578. The Labute approximate surface area is 119 Å². The van der Waals surface area contributed by atoms with Gasteiger partial charge in [0, 0.05) is 0 Å². The molecule has 6 heteroatoms. The molecule has 5 nitrogen and oxygen atoms in total. The molecule has 0 spiro atoms. The van der Waals surface area contributed by atoms with Crippen LogP contribution < -0.4 is 5.46 Å². The lowest BCUT2D eigenvalue weighted by Gasteiger charge is -2.32. The summed E-state index contributed by atoms with van der Waals surface area (Å²) in [7, 11) is 0.620. The molecule has 1 fully saturated rings. The van der Waals surface area contributed by atoms with E-state index >= 15 is 0 Å². The minimum atomic E-state index is -0.672. The lowest BCUT2D eigenvalue weighted by Crippen LogP contribution is -2.41. The predicted octanol–water partition coefficient (Wildman–Crippen LogP) is 1.48. The second kappa shape index (κ2) is 4.79. The second-order valence-electron chi connectivity index (χ2n) is 5.85. The van der Waals surface area contributed by atoms with Crippen molar-refractivity contribution in [3.63, 3.8) is 0 Å². The zero-order valence-electron chi connectivity index (χ0n) is 12.4. The number of carbonyl (C=O) groups excluding carboxylic acids is 1. The van der Waals surface area contributed by atoms with Gasteiger partial charge in [0.1, 0.15) is 5.75 Å². The number of esters is 1. The first-order valence-electron chi connectivity index (χ1n) is 6.45. The van der Waals surface area contributed by atoms with Crippen molar-refractivity contribution >= 4 is 18.6 Å². The van der Waals surface area contributed by atoms with E-state index in [4.69, 9.17) is 14.0 Å². The molecule has 1 aromatic carbocycles. The molecule has 0 radical (unpaired) electrons. The molecule has 1 aliphatic heterocycles. The first-order valence-corrected chi connectivity index (χ1v) is 6.45. The quantitative estimate of drug-likeness (QED) is 0.655. The van der Waals surface area contributed by atoms with Gasteiger partial charge in [-0.2, -0.15) is 0 Å². The van der Waals surface area contributed by atoms with Crippen molar-refractivity contribution in [3.8, 4) is 5.75 Å². The summed E-state index contributed by atoms with van der Waals surface area (Å²) >= 11 is 0. The van der Waals surface area contributed by atoms with Crippen LogP contribution in [-0.2, 0) is 14.0 Å². The molecule has 0 aromatic heterocycles. The average molecular weight is 278 g/mol. The summed E-state index contributed by atoms with van der Waals surface area (Å²) in [5.74, 6) is -0.545. The van der Waals surface area contributed by atoms with Gasteiger partial charge in [-0.15, -0.1) is 0 Å². The molecule has 20 heavy (non-hydrogen) atoms. The first-order chi connectivity index (χ1) is 9.18. The van der Waals surface area contributed by atoms with Gasteiger partial charge in [-0.3, -0.25) is 0 Å². The van der Waals surface area contributed by atoms with E-state index in [1.54, 1.807) is 6.07 Å². The predicted molar refractivity (Wildman–Crippen MR) is 75.2 cm³/mol. The Bertz CT molecular complexity index is 522. The highest BCUT2D eigenvalue weighted by Crippen LogP contribution is 2.36. The molecule has 1 aromatic rings. The summed E-state index contributed by atoms with van der Waals surface area (Å²) in [6.07, 6.45) is 0. The highest BCUT2D eigenvalue weighted by atomic mass is 16.7. The van der Waals surface area contributed by atoms with E-state index in [-0.39, 0.29) is 11.3 Å². The third kappa shape index (κ3) is 2.41. The van der Waals surface area contributed by atoms with E-state index in [1.165, 1.54) is 19.2 Å². The van der Waals surface area contributed by atoms with Crippen LogP contribution in [0.4, 0.5) is 0 Å². The molecule has 1 heterocycles. The Morgan fingerprint density at radius 3 is 2.25 bits per heavy atom. The maximum Gasteiger partial charge on any atom is 0.495 e. The summed E-state index contributed by atoms with van der Waals surface area (Å²) in [6, 6.07) is 4.46. The van der Waals surface area contributed by atoms with E-state index in [1.807, 2.05) is 27.7 Å². The molecule has 2 rings (SSSR count). The van der Waals surface area contributed by atoms with Crippen molar-refractivity contribution in [2.75, 3.05) is 7.11 Å². The summed E-state index contributed by atoms with van der Waals surface area (Å²) in [5, 5.41) is 9.54. The van der Waals surface area contributed by atoms with Crippen molar-refractivity contribution in [1.29, 1.82) is 0 Å². The summed E-state index contributed by atoms with van der Waals surface area (Å²) in [5.41, 5.74) is -0.203. The van der Waals surface area contributed by atoms with Crippen molar-refractivity contribution in [2.24, 2.45) is 0 Å². The normalized spacial score (nSPS) is 19.9. The van der Waals surface area contributed by atoms with Gasteiger partial charge >= 0.3 is 13.1 Å². The van der Waals surface area contributed by atoms with E-state index < -0.39 is 24.3 Å². The lowest BCUT2D eigenvalue weighted by atomic mass is 9.76. The van der Waals surface area contributed by atoms with E-state index in [2.05, 4.69) is 0 Å². The molecule has 0 saturated carbocycles. The third-order valence-electron chi connectivity index (χ3n) is 3.95. The molecular formula is C14H19BO5. The fraction of sp³-hybridized carbons (Fsp3) is 0.500.